The number of hydrogen-bond donors (Lipinski definition) is 1. The van der Waals surface area contributed by atoms with Crippen molar-refractivity contribution in [1.29, 1.82) is 0 Å². The summed E-state index contributed by atoms with van der Waals surface area (Å²) in [5, 5.41) is 14.4. The maximum Gasteiger partial charge on any atom is 0.269 e. The fourth-order valence-electron chi connectivity index (χ4n) is 3.08. The molecule has 0 saturated carbocycles. The fraction of sp³-hybridized carbons (Fsp3) is 0.625. The summed E-state index contributed by atoms with van der Waals surface area (Å²) in [5.41, 5.74) is 1.20. The summed E-state index contributed by atoms with van der Waals surface area (Å²) in [6.07, 6.45) is 2.51. The number of rotatable bonds is 6. The van der Waals surface area contributed by atoms with Crippen molar-refractivity contribution >= 4 is 5.69 Å². The first-order valence-electron chi connectivity index (χ1n) is 7.81. The molecule has 2 atom stereocenters. The second-order valence-electron chi connectivity index (χ2n) is 5.83. The molecule has 1 aromatic carbocycles. The minimum atomic E-state index is -0.322. The summed E-state index contributed by atoms with van der Waals surface area (Å²) in [4.78, 5) is 13.0. The highest BCUT2D eigenvalue weighted by molar-refractivity contribution is 5.35. The topological polar surface area (TPSA) is 58.4 Å². The van der Waals surface area contributed by atoms with E-state index in [2.05, 4.69) is 24.1 Å². The first-order valence-corrected chi connectivity index (χ1v) is 7.81. The Bertz CT molecular complexity index is 472. The summed E-state index contributed by atoms with van der Waals surface area (Å²) in [6.45, 7) is 8.51. The molecule has 0 aromatic heterocycles. The minimum absolute atomic E-state index is 0.176. The number of nitrogens with one attached hydrogen (secondary N) is 1. The standard InChI is InChI=1S/C16H25N3O2/c1-3-18(12-14-6-5-9-17-11-14)13(2)15-7-4-8-16(10-15)19(20)21/h4,7-8,10,13-14,17H,3,5-6,9,11-12H2,1-2H3. The van der Waals surface area contributed by atoms with Gasteiger partial charge in [0.05, 0.1) is 4.92 Å². The van der Waals surface area contributed by atoms with Crippen molar-refractivity contribution < 1.29 is 4.92 Å². The van der Waals surface area contributed by atoms with Crippen molar-refractivity contribution in [2.45, 2.75) is 32.7 Å². The molecule has 1 aliphatic heterocycles. The number of hydrogen-bond acceptors (Lipinski definition) is 4. The van der Waals surface area contributed by atoms with E-state index in [0.717, 1.165) is 31.7 Å². The normalized spacial score (nSPS) is 20.4. The third-order valence-electron chi connectivity index (χ3n) is 4.41. The lowest BCUT2D eigenvalue weighted by Crippen LogP contribution is -2.39. The maximum atomic E-state index is 10.9. The highest BCUT2D eigenvalue weighted by atomic mass is 16.6. The average molecular weight is 291 g/mol. The number of nitro groups is 1. The van der Waals surface area contributed by atoms with Crippen LogP contribution in [0.15, 0.2) is 24.3 Å². The Kier molecular flexibility index (Phi) is 5.70. The van der Waals surface area contributed by atoms with E-state index in [1.54, 1.807) is 18.2 Å². The van der Waals surface area contributed by atoms with Crippen LogP contribution in [0.3, 0.4) is 0 Å². The first kappa shape index (κ1) is 15.9. The zero-order valence-corrected chi connectivity index (χ0v) is 12.9. The molecule has 1 saturated heterocycles. The van der Waals surface area contributed by atoms with Crippen molar-refractivity contribution in [1.82, 2.24) is 10.2 Å². The Hall–Kier alpha value is -1.46. The largest absolute Gasteiger partial charge is 0.316 e. The van der Waals surface area contributed by atoms with E-state index in [9.17, 15) is 10.1 Å². The monoisotopic (exact) mass is 291 g/mol. The second kappa shape index (κ2) is 7.52. The Balaban J connectivity index is 2.06. The van der Waals surface area contributed by atoms with Gasteiger partial charge in [-0.25, -0.2) is 0 Å². The van der Waals surface area contributed by atoms with Gasteiger partial charge in [-0.2, -0.15) is 0 Å². The summed E-state index contributed by atoms with van der Waals surface area (Å²) in [6, 6.07) is 7.22. The SMILES string of the molecule is CCN(CC1CCCNC1)C(C)c1cccc([N+](=O)[O-])c1. The van der Waals surface area contributed by atoms with Crippen LogP contribution in [0.25, 0.3) is 0 Å². The van der Waals surface area contributed by atoms with Crippen LogP contribution in [0, 0.1) is 16.0 Å². The molecule has 1 aromatic rings. The number of non-ortho nitro benzene ring substituents is 1. The number of benzene rings is 1. The summed E-state index contributed by atoms with van der Waals surface area (Å²) in [7, 11) is 0. The van der Waals surface area contributed by atoms with Gasteiger partial charge < -0.3 is 5.32 Å². The van der Waals surface area contributed by atoms with Gasteiger partial charge in [0, 0.05) is 24.7 Å². The van der Waals surface area contributed by atoms with Crippen LogP contribution in [0.2, 0.25) is 0 Å². The van der Waals surface area contributed by atoms with Gasteiger partial charge in [-0.05, 0) is 50.9 Å². The number of nitrogens with zero attached hydrogens (tertiary/aromatic N) is 2. The molecule has 0 amide bonds. The first-order chi connectivity index (χ1) is 10.1. The molecular formula is C16H25N3O2. The van der Waals surface area contributed by atoms with Gasteiger partial charge >= 0.3 is 0 Å². The highest BCUT2D eigenvalue weighted by Gasteiger charge is 2.21. The average Bonchev–Trinajstić information content (AvgIpc) is 2.53. The van der Waals surface area contributed by atoms with E-state index in [0.29, 0.717) is 5.92 Å². The van der Waals surface area contributed by atoms with E-state index in [1.807, 2.05) is 6.07 Å². The van der Waals surface area contributed by atoms with Crippen molar-refractivity contribution in [3.05, 3.63) is 39.9 Å². The summed E-state index contributed by atoms with van der Waals surface area (Å²) in [5.74, 6) is 0.680. The molecule has 0 spiro atoms. The van der Waals surface area contributed by atoms with Crippen LogP contribution in [0.5, 0.6) is 0 Å². The molecule has 1 heterocycles. The molecule has 21 heavy (non-hydrogen) atoms. The van der Waals surface area contributed by atoms with Crippen LogP contribution in [-0.4, -0.2) is 36.0 Å². The molecule has 2 rings (SSSR count). The van der Waals surface area contributed by atoms with Gasteiger partial charge in [-0.1, -0.05) is 19.1 Å². The third kappa shape index (κ3) is 4.25. The molecule has 5 nitrogen and oxygen atoms in total. The molecule has 0 aliphatic carbocycles. The van der Waals surface area contributed by atoms with E-state index in [4.69, 9.17) is 0 Å². The van der Waals surface area contributed by atoms with Gasteiger partial charge in [0.15, 0.2) is 0 Å². The van der Waals surface area contributed by atoms with Crippen molar-refractivity contribution in [3.63, 3.8) is 0 Å². The van der Waals surface area contributed by atoms with E-state index in [-0.39, 0.29) is 16.7 Å². The Labute approximate surface area is 126 Å². The van der Waals surface area contributed by atoms with Crippen molar-refractivity contribution in [2.24, 2.45) is 5.92 Å². The zero-order chi connectivity index (χ0) is 15.2. The summed E-state index contributed by atoms with van der Waals surface area (Å²) < 4.78 is 0. The van der Waals surface area contributed by atoms with Crippen molar-refractivity contribution in [2.75, 3.05) is 26.2 Å². The highest BCUT2D eigenvalue weighted by Crippen LogP contribution is 2.25. The lowest BCUT2D eigenvalue weighted by atomic mass is 9.97. The molecule has 0 radical (unpaired) electrons. The Morgan fingerprint density at radius 1 is 1.52 bits per heavy atom. The van der Waals surface area contributed by atoms with Crippen LogP contribution in [0.1, 0.15) is 38.3 Å². The molecule has 5 heteroatoms. The van der Waals surface area contributed by atoms with Crippen LogP contribution in [0.4, 0.5) is 5.69 Å². The zero-order valence-electron chi connectivity index (χ0n) is 12.9. The van der Waals surface area contributed by atoms with Gasteiger partial charge in [0.1, 0.15) is 0 Å². The Morgan fingerprint density at radius 3 is 2.95 bits per heavy atom. The Morgan fingerprint density at radius 2 is 2.33 bits per heavy atom. The fourth-order valence-corrected chi connectivity index (χ4v) is 3.08. The smallest absolute Gasteiger partial charge is 0.269 e. The van der Waals surface area contributed by atoms with E-state index < -0.39 is 0 Å². The molecule has 2 unspecified atom stereocenters. The van der Waals surface area contributed by atoms with Crippen molar-refractivity contribution in [3.8, 4) is 0 Å². The predicted molar refractivity (Wildman–Crippen MR) is 84.4 cm³/mol. The lowest BCUT2D eigenvalue weighted by molar-refractivity contribution is -0.384. The number of piperidine rings is 1. The van der Waals surface area contributed by atoms with Gasteiger partial charge in [-0.15, -0.1) is 0 Å². The second-order valence-corrected chi connectivity index (χ2v) is 5.83. The lowest BCUT2D eigenvalue weighted by Gasteiger charge is -2.33. The summed E-state index contributed by atoms with van der Waals surface area (Å²) >= 11 is 0. The molecular weight excluding hydrogens is 266 g/mol. The maximum absolute atomic E-state index is 10.9. The van der Waals surface area contributed by atoms with Gasteiger partial charge in [-0.3, -0.25) is 15.0 Å². The molecule has 1 N–H and O–H groups in total. The number of nitro benzene ring substituents is 1. The van der Waals surface area contributed by atoms with Gasteiger partial charge in [0.25, 0.3) is 5.69 Å². The molecule has 0 bridgehead atoms. The van der Waals surface area contributed by atoms with E-state index in [1.165, 1.54) is 12.8 Å². The molecule has 116 valence electrons. The third-order valence-corrected chi connectivity index (χ3v) is 4.41. The quantitative estimate of drug-likeness (QED) is 0.646. The molecule has 1 fully saturated rings. The van der Waals surface area contributed by atoms with E-state index >= 15 is 0 Å². The van der Waals surface area contributed by atoms with Crippen LogP contribution in [-0.2, 0) is 0 Å². The predicted octanol–water partition coefficient (Wildman–Crippen LogP) is 2.98. The van der Waals surface area contributed by atoms with Crippen LogP contribution < -0.4 is 5.32 Å². The minimum Gasteiger partial charge on any atom is -0.316 e. The molecule has 1 aliphatic rings. The van der Waals surface area contributed by atoms with Gasteiger partial charge in [0.2, 0.25) is 0 Å². The van der Waals surface area contributed by atoms with Crippen LogP contribution >= 0.6 is 0 Å².